The van der Waals surface area contributed by atoms with E-state index in [2.05, 4.69) is 242 Å². The second kappa shape index (κ2) is 13.7. The molecule has 0 unspecified atom stereocenters. The van der Waals surface area contributed by atoms with Gasteiger partial charge in [0.05, 0.1) is 16.8 Å². The fourth-order valence-electron chi connectivity index (χ4n) is 10.8. The Kier molecular flexibility index (Phi) is 7.92. The highest BCUT2D eigenvalue weighted by molar-refractivity contribution is 6.19. The fourth-order valence-corrected chi connectivity index (χ4v) is 10.8. The van der Waals surface area contributed by atoms with Crippen LogP contribution in [0.1, 0.15) is 33.4 Å². The molecular formula is C59H42N2. The summed E-state index contributed by atoms with van der Waals surface area (Å²) < 4.78 is 0. The molecule has 0 bridgehead atoms. The van der Waals surface area contributed by atoms with Gasteiger partial charge in [-0.15, -0.1) is 0 Å². The van der Waals surface area contributed by atoms with Gasteiger partial charge in [-0.25, -0.2) is 0 Å². The van der Waals surface area contributed by atoms with Crippen molar-refractivity contribution >= 4 is 55.7 Å². The fraction of sp³-hybridized carbons (Fsp3) is 0.0508. The molecule has 0 aliphatic heterocycles. The number of para-hydroxylation sites is 4. The predicted octanol–water partition coefficient (Wildman–Crippen LogP) is 15.9. The zero-order valence-corrected chi connectivity index (χ0v) is 34.2. The highest BCUT2D eigenvalue weighted by Crippen LogP contribution is 2.67. The smallest absolute Gasteiger partial charge is 0.0727 e. The maximum absolute atomic E-state index is 2.56. The summed E-state index contributed by atoms with van der Waals surface area (Å²) in [7, 11) is 0. The molecule has 1 spiro atoms. The average molecular weight is 779 g/mol. The molecule has 0 atom stereocenters. The molecule has 288 valence electrons. The van der Waals surface area contributed by atoms with E-state index in [1.807, 2.05) is 0 Å². The van der Waals surface area contributed by atoms with Gasteiger partial charge in [0, 0.05) is 33.5 Å². The zero-order chi connectivity index (χ0) is 40.7. The predicted molar refractivity (Wildman–Crippen MR) is 257 cm³/mol. The van der Waals surface area contributed by atoms with Crippen LogP contribution in [-0.2, 0) is 5.41 Å². The topological polar surface area (TPSA) is 6.48 Å². The van der Waals surface area contributed by atoms with Crippen molar-refractivity contribution in [1.29, 1.82) is 0 Å². The molecule has 0 radical (unpaired) electrons. The molecule has 0 aromatic heterocycles. The lowest BCUT2D eigenvalue weighted by molar-refractivity contribution is 0.795. The van der Waals surface area contributed by atoms with Crippen LogP contribution in [0.15, 0.2) is 218 Å². The van der Waals surface area contributed by atoms with Gasteiger partial charge in [-0.3, -0.25) is 0 Å². The van der Waals surface area contributed by atoms with Crippen LogP contribution in [0.3, 0.4) is 0 Å². The monoisotopic (exact) mass is 778 g/mol. The van der Waals surface area contributed by atoms with E-state index >= 15 is 0 Å². The molecule has 2 aliphatic carbocycles. The Morgan fingerprint density at radius 2 is 0.639 bits per heavy atom. The molecule has 10 aromatic rings. The largest absolute Gasteiger partial charge is 0.310 e. The Morgan fingerprint density at radius 3 is 1.07 bits per heavy atom. The van der Waals surface area contributed by atoms with Crippen LogP contribution in [0.25, 0.3) is 43.8 Å². The van der Waals surface area contributed by atoms with Crippen molar-refractivity contribution in [3.8, 4) is 22.3 Å². The summed E-state index contributed by atoms with van der Waals surface area (Å²) in [5.41, 5.74) is 19.2. The van der Waals surface area contributed by atoms with Crippen molar-refractivity contribution in [2.24, 2.45) is 0 Å². The molecule has 2 heteroatoms. The van der Waals surface area contributed by atoms with Gasteiger partial charge in [-0.1, -0.05) is 170 Å². The molecule has 10 aromatic carbocycles. The number of hydrogen-bond donors (Lipinski definition) is 0. The van der Waals surface area contributed by atoms with Gasteiger partial charge in [-0.05, 0) is 129 Å². The molecule has 2 aliphatic rings. The summed E-state index contributed by atoms with van der Waals surface area (Å²) in [6.07, 6.45) is 0. The molecule has 0 heterocycles. The van der Waals surface area contributed by atoms with Crippen molar-refractivity contribution in [1.82, 2.24) is 0 Å². The SMILES string of the molecule is Cc1ccccc1N(c1ccccc1)c1cc2c(c3ccccc13)-c1c(cc(N(c3ccccc3)c3ccccc3C)c3ccccc13)C21c2ccccc2-c2ccccc21. The van der Waals surface area contributed by atoms with Gasteiger partial charge in [-0.2, -0.15) is 0 Å². The molecule has 0 saturated carbocycles. The van der Waals surface area contributed by atoms with E-state index in [0.29, 0.717) is 0 Å². The van der Waals surface area contributed by atoms with Crippen molar-refractivity contribution < 1.29 is 0 Å². The van der Waals surface area contributed by atoms with E-state index in [0.717, 1.165) is 11.4 Å². The third kappa shape index (κ3) is 5.03. The normalized spacial score (nSPS) is 12.9. The Labute approximate surface area is 357 Å². The van der Waals surface area contributed by atoms with Gasteiger partial charge in [0.2, 0.25) is 0 Å². The average Bonchev–Trinajstić information content (AvgIpc) is 3.79. The molecule has 0 amide bonds. The van der Waals surface area contributed by atoms with Crippen LogP contribution in [0.2, 0.25) is 0 Å². The van der Waals surface area contributed by atoms with Crippen LogP contribution in [-0.4, -0.2) is 0 Å². The number of aryl methyl sites for hydroxylation is 2. The summed E-state index contributed by atoms with van der Waals surface area (Å²) in [5, 5.41) is 4.94. The number of benzene rings is 10. The van der Waals surface area contributed by atoms with Crippen molar-refractivity contribution in [3.63, 3.8) is 0 Å². The summed E-state index contributed by atoms with van der Waals surface area (Å²) in [6, 6.07) is 81.0. The molecule has 61 heavy (non-hydrogen) atoms. The first-order valence-electron chi connectivity index (χ1n) is 21.3. The minimum absolute atomic E-state index is 0.613. The standard InChI is InChI=1S/C59H42N2/c1-39-21-9-19-35-53(39)60(41-23-5-3-6-24-41)55-37-51-57(47-31-13-11-29-45(47)55)58-48-32-14-12-30-46(48)56(61(42-25-7-4-8-26-42)54-36-20-10-22-40(54)2)38-52(58)59(51)49-33-17-15-27-43(49)44-28-16-18-34-50(44)59/h3-38H,1-2H3. The third-order valence-corrected chi connectivity index (χ3v) is 13.3. The second-order valence-electron chi connectivity index (χ2n) is 16.5. The molecule has 0 fully saturated rings. The lowest BCUT2D eigenvalue weighted by Crippen LogP contribution is -2.27. The van der Waals surface area contributed by atoms with Gasteiger partial charge in [0.15, 0.2) is 0 Å². The van der Waals surface area contributed by atoms with Crippen LogP contribution in [0, 0.1) is 13.8 Å². The highest BCUT2D eigenvalue weighted by atomic mass is 15.2. The van der Waals surface area contributed by atoms with E-state index in [9.17, 15) is 0 Å². The first kappa shape index (κ1) is 35.3. The van der Waals surface area contributed by atoms with Crippen LogP contribution in [0.4, 0.5) is 34.1 Å². The minimum atomic E-state index is -0.613. The molecule has 0 saturated heterocycles. The lowest BCUT2D eigenvalue weighted by Gasteiger charge is -2.34. The zero-order valence-electron chi connectivity index (χ0n) is 34.2. The van der Waals surface area contributed by atoms with Gasteiger partial charge in [0.25, 0.3) is 0 Å². The van der Waals surface area contributed by atoms with E-state index < -0.39 is 5.41 Å². The van der Waals surface area contributed by atoms with Crippen LogP contribution >= 0.6 is 0 Å². The Hall–Kier alpha value is -7.68. The summed E-state index contributed by atoms with van der Waals surface area (Å²) >= 11 is 0. The summed E-state index contributed by atoms with van der Waals surface area (Å²) in [4.78, 5) is 4.97. The minimum Gasteiger partial charge on any atom is -0.310 e. The Morgan fingerprint density at radius 1 is 0.295 bits per heavy atom. The van der Waals surface area contributed by atoms with E-state index in [4.69, 9.17) is 0 Å². The molecule has 2 nitrogen and oxygen atoms in total. The Bertz CT molecular complexity index is 3120. The second-order valence-corrected chi connectivity index (χ2v) is 16.5. The molecule has 12 rings (SSSR count). The molecular weight excluding hydrogens is 737 g/mol. The van der Waals surface area contributed by atoms with E-state index in [-0.39, 0.29) is 0 Å². The lowest BCUT2D eigenvalue weighted by atomic mass is 9.70. The first-order valence-corrected chi connectivity index (χ1v) is 21.3. The van der Waals surface area contributed by atoms with Crippen molar-refractivity contribution in [2.45, 2.75) is 19.3 Å². The van der Waals surface area contributed by atoms with E-state index in [1.54, 1.807) is 0 Å². The molecule has 0 N–H and O–H groups in total. The number of hydrogen-bond acceptors (Lipinski definition) is 2. The quantitative estimate of drug-likeness (QED) is 0.166. The van der Waals surface area contributed by atoms with E-state index in [1.165, 1.54) is 99.9 Å². The maximum atomic E-state index is 2.56. The number of rotatable bonds is 6. The third-order valence-electron chi connectivity index (χ3n) is 13.3. The highest BCUT2D eigenvalue weighted by Gasteiger charge is 2.53. The number of fused-ring (bicyclic) bond motifs is 14. The van der Waals surface area contributed by atoms with Gasteiger partial charge in [0.1, 0.15) is 0 Å². The van der Waals surface area contributed by atoms with Gasteiger partial charge < -0.3 is 9.80 Å². The van der Waals surface area contributed by atoms with Crippen molar-refractivity contribution in [2.75, 3.05) is 9.80 Å². The number of anilines is 6. The Balaban J connectivity index is 1.28. The van der Waals surface area contributed by atoms with Crippen molar-refractivity contribution in [3.05, 3.63) is 252 Å². The summed E-state index contributed by atoms with van der Waals surface area (Å²) in [5.74, 6) is 0. The number of nitrogens with zero attached hydrogens (tertiary/aromatic N) is 2. The summed E-state index contributed by atoms with van der Waals surface area (Å²) in [6.45, 7) is 4.45. The van der Waals surface area contributed by atoms with Crippen LogP contribution < -0.4 is 9.80 Å². The maximum Gasteiger partial charge on any atom is 0.0727 e. The van der Waals surface area contributed by atoms with Gasteiger partial charge >= 0.3 is 0 Å². The first-order chi connectivity index (χ1) is 30.1. The van der Waals surface area contributed by atoms with Crippen LogP contribution in [0.5, 0.6) is 0 Å².